The maximum atomic E-state index is 9.41. The first-order valence-electron chi connectivity index (χ1n) is 7.76. The van der Waals surface area contributed by atoms with Crippen LogP contribution < -0.4 is 9.47 Å². The number of aliphatic hydroxyl groups excluding tert-OH is 1. The molecule has 0 saturated heterocycles. The van der Waals surface area contributed by atoms with E-state index in [-0.39, 0.29) is 12.6 Å². The molecule has 0 aliphatic rings. The van der Waals surface area contributed by atoms with E-state index in [1.807, 2.05) is 36.4 Å². The number of hydrogen-bond donors (Lipinski definition) is 1. The summed E-state index contributed by atoms with van der Waals surface area (Å²) in [6.45, 7) is 0.901. The Morgan fingerprint density at radius 2 is 1.61 bits per heavy atom. The molecule has 0 fully saturated rings. The molecule has 0 radical (unpaired) electrons. The van der Waals surface area contributed by atoms with Crippen molar-refractivity contribution in [3.63, 3.8) is 0 Å². The maximum Gasteiger partial charge on any atom is 0.122 e. The van der Waals surface area contributed by atoms with Gasteiger partial charge in [0.15, 0.2) is 0 Å². The highest BCUT2D eigenvalue weighted by molar-refractivity contribution is 5.38. The summed E-state index contributed by atoms with van der Waals surface area (Å²) in [5, 5.41) is 9.41. The van der Waals surface area contributed by atoms with Gasteiger partial charge in [-0.2, -0.15) is 0 Å². The van der Waals surface area contributed by atoms with Gasteiger partial charge in [-0.25, -0.2) is 0 Å². The van der Waals surface area contributed by atoms with E-state index < -0.39 is 0 Å². The summed E-state index contributed by atoms with van der Waals surface area (Å²) < 4.78 is 10.7. The lowest BCUT2D eigenvalue weighted by Crippen LogP contribution is -2.25. The third-order valence-corrected chi connectivity index (χ3v) is 3.96. The number of hydrogen-bond acceptors (Lipinski definition) is 4. The van der Waals surface area contributed by atoms with Crippen molar-refractivity contribution in [2.24, 2.45) is 0 Å². The molecule has 2 aromatic carbocycles. The SMILES string of the molecule is COc1cc(CN(C)C(CCO)c2ccccc2)cc(OC)c1. The molecule has 0 bridgehead atoms. The van der Waals surface area contributed by atoms with Crippen molar-refractivity contribution < 1.29 is 14.6 Å². The lowest BCUT2D eigenvalue weighted by Gasteiger charge is -2.28. The lowest BCUT2D eigenvalue weighted by atomic mass is 10.0. The first-order valence-corrected chi connectivity index (χ1v) is 7.76. The summed E-state index contributed by atoms with van der Waals surface area (Å²) in [5.74, 6) is 1.57. The fourth-order valence-electron chi connectivity index (χ4n) is 2.79. The smallest absolute Gasteiger partial charge is 0.122 e. The molecule has 124 valence electrons. The normalized spacial score (nSPS) is 12.2. The molecular formula is C19H25NO3. The predicted octanol–water partition coefficient (Wildman–Crippen LogP) is 3.26. The Kier molecular flexibility index (Phi) is 6.44. The summed E-state index contributed by atoms with van der Waals surface area (Å²) in [5.41, 5.74) is 2.32. The quantitative estimate of drug-likeness (QED) is 0.812. The van der Waals surface area contributed by atoms with Crippen molar-refractivity contribution in [3.05, 3.63) is 59.7 Å². The van der Waals surface area contributed by atoms with Crippen molar-refractivity contribution in [2.45, 2.75) is 19.0 Å². The maximum absolute atomic E-state index is 9.41. The lowest BCUT2D eigenvalue weighted by molar-refractivity contribution is 0.180. The standard InChI is InChI=1S/C19H25NO3/c1-20(19(9-10-21)16-7-5-4-6-8-16)14-15-11-17(22-2)13-18(12-15)23-3/h4-8,11-13,19,21H,9-10,14H2,1-3H3. The molecular weight excluding hydrogens is 290 g/mol. The van der Waals surface area contributed by atoms with Gasteiger partial charge in [0.25, 0.3) is 0 Å². The molecule has 0 aliphatic heterocycles. The van der Waals surface area contributed by atoms with Gasteiger partial charge in [0.05, 0.1) is 14.2 Å². The van der Waals surface area contributed by atoms with Gasteiger partial charge in [0.1, 0.15) is 11.5 Å². The number of aliphatic hydroxyl groups is 1. The Labute approximate surface area is 138 Å². The minimum atomic E-state index is 0.158. The van der Waals surface area contributed by atoms with Crippen LogP contribution in [0.15, 0.2) is 48.5 Å². The van der Waals surface area contributed by atoms with Crippen LogP contribution in [0, 0.1) is 0 Å². The number of methoxy groups -OCH3 is 2. The second-order valence-electron chi connectivity index (χ2n) is 5.57. The summed E-state index contributed by atoms with van der Waals surface area (Å²) in [7, 11) is 5.38. The van der Waals surface area contributed by atoms with Crippen molar-refractivity contribution in [2.75, 3.05) is 27.9 Å². The molecule has 0 aromatic heterocycles. The summed E-state index contributed by atoms with van der Waals surface area (Å²) >= 11 is 0. The van der Waals surface area contributed by atoms with E-state index in [4.69, 9.17) is 9.47 Å². The molecule has 0 spiro atoms. The molecule has 2 aromatic rings. The fraction of sp³-hybridized carbons (Fsp3) is 0.368. The van der Waals surface area contributed by atoms with Crippen LogP contribution in [0.2, 0.25) is 0 Å². The Morgan fingerprint density at radius 3 is 2.13 bits per heavy atom. The number of ether oxygens (including phenoxy) is 2. The van der Waals surface area contributed by atoms with Gasteiger partial charge in [-0.3, -0.25) is 4.90 Å². The van der Waals surface area contributed by atoms with E-state index in [1.165, 1.54) is 5.56 Å². The summed E-state index contributed by atoms with van der Waals surface area (Å²) in [6, 6.07) is 16.3. The highest BCUT2D eigenvalue weighted by Gasteiger charge is 2.17. The van der Waals surface area contributed by atoms with Crippen molar-refractivity contribution >= 4 is 0 Å². The Balaban J connectivity index is 2.20. The zero-order chi connectivity index (χ0) is 16.7. The van der Waals surface area contributed by atoms with Gasteiger partial charge < -0.3 is 14.6 Å². The molecule has 0 amide bonds. The topological polar surface area (TPSA) is 41.9 Å². The monoisotopic (exact) mass is 315 g/mol. The van der Waals surface area contributed by atoms with Crippen molar-refractivity contribution in [3.8, 4) is 11.5 Å². The van der Waals surface area contributed by atoms with Crippen LogP contribution in [0.1, 0.15) is 23.6 Å². The molecule has 23 heavy (non-hydrogen) atoms. The predicted molar refractivity (Wildman–Crippen MR) is 91.9 cm³/mol. The van der Waals surface area contributed by atoms with E-state index in [0.717, 1.165) is 23.6 Å². The molecule has 0 aliphatic carbocycles. The van der Waals surface area contributed by atoms with Gasteiger partial charge in [-0.15, -0.1) is 0 Å². The van der Waals surface area contributed by atoms with Crippen molar-refractivity contribution in [1.82, 2.24) is 4.90 Å². The van der Waals surface area contributed by atoms with E-state index in [1.54, 1.807) is 14.2 Å². The van der Waals surface area contributed by atoms with Crippen LogP contribution in [0.5, 0.6) is 11.5 Å². The van der Waals surface area contributed by atoms with Gasteiger partial charge >= 0.3 is 0 Å². The minimum Gasteiger partial charge on any atom is -0.497 e. The number of benzene rings is 2. The Morgan fingerprint density at radius 1 is 1.00 bits per heavy atom. The van der Waals surface area contributed by atoms with Crippen LogP contribution in [0.4, 0.5) is 0 Å². The van der Waals surface area contributed by atoms with E-state index in [0.29, 0.717) is 6.42 Å². The Hall–Kier alpha value is -2.04. The molecule has 4 nitrogen and oxygen atoms in total. The highest BCUT2D eigenvalue weighted by atomic mass is 16.5. The minimum absolute atomic E-state index is 0.158. The van der Waals surface area contributed by atoms with Crippen molar-refractivity contribution in [1.29, 1.82) is 0 Å². The third-order valence-electron chi connectivity index (χ3n) is 3.96. The molecule has 2 rings (SSSR count). The number of nitrogens with zero attached hydrogens (tertiary/aromatic N) is 1. The molecule has 1 N–H and O–H groups in total. The Bertz CT molecular complexity index is 579. The molecule has 4 heteroatoms. The summed E-state index contributed by atoms with van der Waals surface area (Å²) in [4.78, 5) is 2.24. The third kappa shape index (κ3) is 4.71. The second-order valence-corrected chi connectivity index (χ2v) is 5.57. The number of rotatable bonds is 8. The first-order chi connectivity index (χ1) is 11.2. The first kappa shape index (κ1) is 17.3. The van der Waals surface area contributed by atoms with Crippen LogP contribution >= 0.6 is 0 Å². The molecule has 0 saturated carbocycles. The molecule has 1 atom stereocenters. The second kappa shape index (κ2) is 8.56. The van der Waals surface area contributed by atoms with E-state index in [9.17, 15) is 5.11 Å². The van der Waals surface area contributed by atoms with E-state index in [2.05, 4.69) is 24.1 Å². The highest BCUT2D eigenvalue weighted by Crippen LogP contribution is 2.27. The van der Waals surface area contributed by atoms with E-state index >= 15 is 0 Å². The largest absolute Gasteiger partial charge is 0.497 e. The van der Waals surface area contributed by atoms with Crippen LogP contribution in [-0.4, -0.2) is 37.9 Å². The molecule has 0 heterocycles. The zero-order valence-electron chi connectivity index (χ0n) is 14.0. The van der Waals surface area contributed by atoms with Gasteiger partial charge in [0.2, 0.25) is 0 Å². The van der Waals surface area contributed by atoms with Gasteiger partial charge in [0, 0.05) is 25.3 Å². The summed E-state index contributed by atoms with van der Waals surface area (Å²) in [6.07, 6.45) is 0.696. The fourth-order valence-corrected chi connectivity index (χ4v) is 2.79. The van der Waals surface area contributed by atoms with Crippen LogP contribution in [0.25, 0.3) is 0 Å². The molecule has 1 unspecified atom stereocenters. The van der Waals surface area contributed by atoms with Gasteiger partial charge in [-0.1, -0.05) is 30.3 Å². The zero-order valence-corrected chi connectivity index (χ0v) is 14.0. The van der Waals surface area contributed by atoms with Crippen LogP contribution in [-0.2, 0) is 6.54 Å². The average molecular weight is 315 g/mol. The average Bonchev–Trinajstić information content (AvgIpc) is 2.59. The van der Waals surface area contributed by atoms with Gasteiger partial charge in [-0.05, 0) is 36.7 Å². The van der Waals surface area contributed by atoms with Crippen LogP contribution in [0.3, 0.4) is 0 Å².